The van der Waals surface area contributed by atoms with Crippen LogP contribution in [0, 0.1) is 6.92 Å². The number of likely N-dealkylation sites (N-methyl/N-ethyl adjacent to an activating group) is 1. The maximum Gasteiger partial charge on any atom is 0.245 e. The minimum atomic E-state index is -4.03. The number of rotatable bonds is 7. The van der Waals surface area contributed by atoms with Crippen molar-refractivity contribution in [3.8, 4) is 11.1 Å². The fourth-order valence-corrected chi connectivity index (χ4v) is 7.98. The van der Waals surface area contributed by atoms with Crippen molar-refractivity contribution < 1.29 is 16.8 Å². The first-order chi connectivity index (χ1) is 18.9. The molecule has 4 aromatic rings. The smallest absolute Gasteiger partial charge is 0.245 e. The van der Waals surface area contributed by atoms with Crippen LogP contribution in [0.1, 0.15) is 5.56 Å². The van der Waals surface area contributed by atoms with Crippen LogP contribution in [-0.4, -0.2) is 77.4 Å². The van der Waals surface area contributed by atoms with E-state index in [2.05, 4.69) is 46.2 Å². The largest absolute Gasteiger partial charge is 0.369 e. The highest BCUT2D eigenvalue weighted by Crippen LogP contribution is 2.31. The van der Waals surface area contributed by atoms with Crippen LogP contribution in [0.4, 0.5) is 23.0 Å². The van der Waals surface area contributed by atoms with Gasteiger partial charge in [0.2, 0.25) is 26.0 Å². The van der Waals surface area contributed by atoms with E-state index in [0.29, 0.717) is 15.2 Å². The number of aryl methyl sites for hydroxylation is 1. The van der Waals surface area contributed by atoms with E-state index in [0.717, 1.165) is 60.9 Å². The van der Waals surface area contributed by atoms with Crippen LogP contribution in [0.25, 0.3) is 22.0 Å². The lowest BCUT2D eigenvalue weighted by Crippen LogP contribution is -2.44. The van der Waals surface area contributed by atoms with Crippen molar-refractivity contribution >= 4 is 54.0 Å². The molecule has 0 radical (unpaired) electrons. The molecular formula is C28H32N6O4S2. The fourth-order valence-electron chi connectivity index (χ4n) is 5.01. The summed E-state index contributed by atoms with van der Waals surface area (Å²) in [4.78, 5) is 14.0. The number of fused-ring (bicyclic) bond motifs is 1. The van der Waals surface area contributed by atoms with Gasteiger partial charge in [0.1, 0.15) is 0 Å². The molecule has 0 unspecified atom stereocenters. The molecule has 1 aliphatic rings. The predicted octanol–water partition coefficient (Wildman–Crippen LogP) is 3.83. The van der Waals surface area contributed by atoms with Gasteiger partial charge in [-0.25, -0.2) is 26.8 Å². The fraction of sp³-hybridized carbons (Fsp3) is 0.286. The van der Waals surface area contributed by atoms with Gasteiger partial charge in [0, 0.05) is 54.7 Å². The first-order valence-electron chi connectivity index (χ1n) is 12.8. The Morgan fingerprint density at radius 1 is 0.875 bits per heavy atom. The molecule has 3 aromatic carbocycles. The molecule has 12 heteroatoms. The monoisotopic (exact) mass is 580 g/mol. The molecule has 40 heavy (non-hydrogen) atoms. The van der Waals surface area contributed by atoms with Gasteiger partial charge in [-0.2, -0.15) is 3.71 Å². The third-order valence-electron chi connectivity index (χ3n) is 6.90. The Bertz CT molecular complexity index is 1740. The van der Waals surface area contributed by atoms with Gasteiger partial charge < -0.3 is 15.1 Å². The third kappa shape index (κ3) is 5.88. The summed E-state index contributed by atoms with van der Waals surface area (Å²) >= 11 is 0. The summed E-state index contributed by atoms with van der Waals surface area (Å²) in [6.45, 7) is 6.20. The predicted molar refractivity (Wildman–Crippen MR) is 161 cm³/mol. The lowest BCUT2D eigenvalue weighted by molar-refractivity contribution is 0.312. The van der Waals surface area contributed by atoms with Crippen molar-refractivity contribution in [3.05, 3.63) is 72.4 Å². The Kier molecular flexibility index (Phi) is 7.42. The van der Waals surface area contributed by atoms with Crippen molar-refractivity contribution in [3.63, 3.8) is 0 Å². The topological polar surface area (TPSA) is 116 Å². The minimum absolute atomic E-state index is 0.0429. The molecule has 0 atom stereocenters. The Balaban J connectivity index is 1.43. The molecule has 1 aromatic heterocycles. The number of piperazine rings is 1. The van der Waals surface area contributed by atoms with Crippen LogP contribution in [0.2, 0.25) is 0 Å². The molecule has 10 nitrogen and oxygen atoms in total. The van der Waals surface area contributed by atoms with E-state index < -0.39 is 20.0 Å². The normalized spacial score (nSPS) is 14.8. The molecule has 0 bridgehead atoms. The standard InChI is InChI=1S/C28H32N6O4S2/c1-20-18-23(10-13-26(20)33-16-14-32(2)15-17-33)30-28-29-19-22-6-5-7-25(27(22)31-28)21-8-11-24(12-9-21)34(39(3,35)36)40(4,37)38/h5-13,18-19H,14-17H2,1-4H3,(H,29,30,31). The van der Waals surface area contributed by atoms with Crippen molar-refractivity contribution in [1.29, 1.82) is 0 Å². The SMILES string of the molecule is Cc1cc(Nc2ncc3cccc(-c4ccc(N(S(C)(=O)=O)S(C)(=O)=O)cc4)c3n2)ccc1N1CCN(C)CC1. The van der Waals surface area contributed by atoms with E-state index in [9.17, 15) is 16.8 Å². The summed E-state index contributed by atoms with van der Waals surface area (Å²) in [6, 6.07) is 18.3. The molecule has 2 heterocycles. The van der Waals surface area contributed by atoms with Crippen molar-refractivity contribution in [2.24, 2.45) is 0 Å². The van der Waals surface area contributed by atoms with E-state index in [1.54, 1.807) is 18.3 Å². The van der Waals surface area contributed by atoms with E-state index in [4.69, 9.17) is 4.98 Å². The maximum atomic E-state index is 12.1. The second-order valence-electron chi connectivity index (χ2n) is 10.1. The lowest BCUT2D eigenvalue weighted by atomic mass is 10.0. The van der Waals surface area contributed by atoms with E-state index in [1.807, 2.05) is 24.3 Å². The molecule has 1 aliphatic heterocycles. The number of nitrogens with zero attached hydrogens (tertiary/aromatic N) is 5. The van der Waals surface area contributed by atoms with Gasteiger partial charge in [-0.05, 0) is 55.4 Å². The number of benzene rings is 3. The van der Waals surface area contributed by atoms with Gasteiger partial charge in [0.05, 0.1) is 23.7 Å². The van der Waals surface area contributed by atoms with Gasteiger partial charge in [-0.15, -0.1) is 0 Å². The number of anilines is 4. The van der Waals surface area contributed by atoms with Crippen LogP contribution in [0.3, 0.4) is 0 Å². The molecule has 0 saturated carbocycles. The number of aromatic nitrogens is 2. The zero-order valence-corrected chi connectivity index (χ0v) is 24.5. The Morgan fingerprint density at radius 2 is 1.55 bits per heavy atom. The average Bonchev–Trinajstić information content (AvgIpc) is 2.88. The van der Waals surface area contributed by atoms with Crippen LogP contribution >= 0.6 is 0 Å². The second-order valence-corrected chi connectivity index (χ2v) is 14.0. The molecule has 0 amide bonds. The first kappa shape index (κ1) is 27.8. The summed E-state index contributed by atoms with van der Waals surface area (Å²) < 4.78 is 49.0. The molecular weight excluding hydrogens is 548 g/mol. The highest BCUT2D eigenvalue weighted by atomic mass is 32.3. The van der Waals surface area contributed by atoms with Crippen LogP contribution in [0.15, 0.2) is 66.9 Å². The van der Waals surface area contributed by atoms with Crippen molar-refractivity contribution in [1.82, 2.24) is 14.9 Å². The van der Waals surface area contributed by atoms with Gasteiger partial charge >= 0.3 is 0 Å². The van der Waals surface area contributed by atoms with Crippen molar-refractivity contribution in [2.45, 2.75) is 6.92 Å². The summed E-state index contributed by atoms with van der Waals surface area (Å²) in [5.74, 6) is 0.448. The summed E-state index contributed by atoms with van der Waals surface area (Å²) in [7, 11) is -5.91. The molecule has 0 aliphatic carbocycles. The summed E-state index contributed by atoms with van der Waals surface area (Å²) in [5, 5.41) is 4.16. The molecule has 210 valence electrons. The second kappa shape index (κ2) is 10.7. The van der Waals surface area contributed by atoms with Crippen LogP contribution in [0.5, 0.6) is 0 Å². The highest BCUT2D eigenvalue weighted by Gasteiger charge is 2.27. The number of nitrogens with one attached hydrogen (secondary N) is 1. The molecule has 1 fully saturated rings. The van der Waals surface area contributed by atoms with Crippen LogP contribution < -0.4 is 13.9 Å². The number of para-hydroxylation sites is 1. The Morgan fingerprint density at radius 3 is 2.17 bits per heavy atom. The molecule has 1 N–H and O–H groups in total. The summed E-state index contributed by atoms with van der Waals surface area (Å²) in [6.07, 6.45) is 3.47. The van der Waals surface area contributed by atoms with E-state index in [1.165, 1.54) is 23.4 Å². The maximum absolute atomic E-state index is 12.1. The lowest BCUT2D eigenvalue weighted by Gasteiger charge is -2.35. The molecule has 1 saturated heterocycles. The number of hydrogen-bond donors (Lipinski definition) is 1. The zero-order chi connectivity index (χ0) is 28.7. The zero-order valence-electron chi connectivity index (χ0n) is 22.9. The Hall–Kier alpha value is -3.74. The number of sulfonamides is 2. The van der Waals surface area contributed by atoms with E-state index in [-0.39, 0.29) is 5.69 Å². The minimum Gasteiger partial charge on any atom is -0.369 e. The number of hydrogen-bond acceptors (Lipinski definition) is 9. The average molecular weight is 581 g/mol. The Labute approximate surface area is 235 Å². The summed E-state index contributed by atoms with van der Waals surface area (Å²) in [5.41, 5.74) is 5.61. The van der Waals surface area contributed by atoms with Crippen LogP contribution in [-0.2, 0) is 20.0 Å². The molecule has 5 rings (SSSR count). The first-order valence-corrected chi connectivity index (χ1v) is 16.5. The quantitative estimate of drug-likeness (QED) is 0.348. The third-order valence-corrected chi connectivity index (χ3v) is 10.2. The van der Waals surface area contributed by atoms with Gasteiger partial charge in [0.15, 0.2) is 0 Å². The van der Waals surface area contributed by atoms with Gasteiger partial charge in [-0.1, -0.05) is 30.3 Å². The highest BCUT2D eigenvalue weighted by molar-refractivity contribution is 8.09. The van der Waals surface area contributed by atoms with E-state index >= 15 is 0 Å². The van der Waals surface area contributed by atoms with Gasteiger partial charge in [-0.3, -0.25) is 0 Å². The molecule has 0 spiro atoms. The van der Waals surface area contributed by atoms with Gasteiger partial charge in [0.25, 0.3) is 0 Å². The van der Waals surface area contributed by atoms with Crippen molar-refractivity contribution in [2.75, 3.05) is 59.7 Å².